The molecule has 5 rings (SSSR count). The van der Waals surface area contributed by atoms with E-state index in [1.807, 2.05) is 24.3 Å². The van der Waals surface area contributed by atoms with Gasteiger partial charge < -0.3 is 42.2 Å². The Morgan fingerprint density at radius 3 is 2.20 bits per heavy atom. The number of morpholine rings is 1. The molecule has 0 unspecified atom stereocenters. The summed E-state index contributed by atoms with van der Waals surface area (Å²) >= 11 is 0. The molecule has 2 amide bonds. The molecule has 4 aromatic rings. The van der Waals surface area contributed by atoms with Crippen molar-refractivity contribution in [2.45, 2.75) is 19.1 Å². The average Bonchev–Trinajstić information content (AvgIpc) is 3.06. The number of aliphatic imine (C=N–C) groups is 1. The summed E-state index contributed by atoms with van der Waals surface area (Å²) in [7, 11) is 0. The number of nitrogens with zero attached hydrogens (tertiary/aromatic N) is 2. The molecule has 46 heavy (non-hydrogen) atoms. The van der Waals surface area contributed by atoms with Gasteiger partial charge in [-0.1, -0.05) is 24.3 Å². The number of ether oxygens (including phenoxy) is 2. The lowest BCUT2D eigenvalue weighted by Gasteiger charge is -2.28. The summed E-state index contributed by atoms with van der Waals surface area (Å²) < 4.78 is 24.9. The largest absolute Gasteiger partial charge is 0.488 e. The van der Waals surface area contributed by atoms with Crippen molar-refractivity contribution < 1.29 is 23.5 Å². The second kappa shape index (κ2) is 15.0. The van der Waals surface area contributed by atoms with E-state index in [2.05, 4.69) is 20.5 Å². The van der Waals surface area contributed by atoms with Crippen LogP contribution in [0.25, 0.3) is 0 Å². The maximum absolute atomic E-state index is 13.4. The van der Waals surface area contributed by atoms with Crippen molar-refractivity contribution in [1.29, 1.82) is 0 Å². The SMILES string of the molecule is NC(N)=Nc1ccc(C[C@H](N)C(=O)Nc2ccc(C(=O)Nc3ccc(N4CCOCC4)cc3)c(OCc3ccc(F)cc3)c2)cc1. The first kappa shape index (κ1) is 31.9. The summed E-state index contributed by atoms with van der Waals surface area (Å²) in [6.07, 6.45) is 0.271. The highest BCUT2D eigenvalue weighted by Crippen LogP contribution is 2.27. The molecule has 0 aliphatic carbocycles. The van der Waals surface area contributed by atoms with Crippen LogP contribution in [0.15, 0.2) is 96.0 Å². The summed E-state index contributed by atoms with van der Waals surface area (Å²) in [6, 6.07) is 24.4. The molecular formula is C34H36FN7O4. The van der Waals surface area contributed by atoms with Crippen LogP contribution in [0.5, 0.6) is 5.75 Å². The Hall–Kier alpha value is -5.46. The van der Waals surface area contributed by atoms with Gasteiger partial charge in [-0.25, -0.2) is 9.38 Å². The Kier molecular flexibility index (Phi) is 10.4. The van der Waals surface area contributed by atoms with Crippen LogP contribution in [0.4, 0.5) is 27.1 Å². The molecule has 1 aliphatic rings. The number of hydrogen-bond donors (Lipinski definition) is 5. The molecule has 0 saturated carbocycles. The third kappa shape index (κ3) is 8.80. The predicted octanol–water partition coefficient (Wildman–Crippen LogP) is 3.91. The summed E-state index contributed by atoms with van der Waals surface area (Å²) in [5, 5.41) is 5.72. The fourth-order valence-electron chi connectivity index (χ4n) is 4.86. The fourth-order valence-corrected chi connectivity index (χ4v) is 4.86. The van der Waals surface area contributed by atoms with Gasteiger partial charge in [0.25, 0.3) is 5.91 Å². The first-order valence-electron chi connectivity index (χ1n) is 14.7. The monoisotopic (exact) mass is 625 g/mol. The maximum Gasteiger partial charge on any atom is 0.259 e. The highest BCUT2D eigenvalue weighted by atomic mass is 19.1. The molecule has 0 aromatic heterocycles. The molecule has 8 N–H and O–H groups in total. The molecule has 4 aromatic carbocycles. The van der Waals surface area contributed by atoms with Gasteiger partial charge in [-0.3, -0.25) is 9.59 Å². The number of halogens is 1. The van der Waals surface area contributed by atoms with Crippen molar-refractivity contribution in [2.75, 3.05) is 41.8 Å². The van der Waals surface area contributed by atoms with Crippen molar-refractivity contribution in [3.05, 3.63) is 114 Å². The van der Waals surface area contributed by atoms with Crippen LogP contribution in [0.2, 0.25) is 0 Å². The van der Waals surface area contributed by atoms with Crippen LogP contribution in [0.1, 0.15) is 21.5 Å². The van der Waals surface area contributed by atoms with Gasteiger partial charge in [-0.05, 0) is 78.2 Å². The third-order valence-corrected chi connectivity index (χ3v) is 7.29. The van der Waals surface area contributed by atoms with Crippen LogP contribution >= 0.6 is 0 Å². The summed E-state index contributed by atoms with van der Waals surface area (Å²) in [4.78, 5) is 32.6. The van der Waals surface area contributed by atoms with E-state index in [0.29, 0.717) is 35.8 Å². The van der Waals surface area contributed by atoms with E-state index in [1.54, 1.807) is 54.6 Å². The third-order valence-electron chi connectivity index (χ3n) is 7.29. The zero-order valence-electron chi connectivity index (χ0n) is 25.1. The summed E-state index contributed by atoms with van der Waals surface area (Å²) in [5.74, 6) is -1.00. The minimum absolute atomic E-state index is 0.0496. The Labute approximate surface area is 266 Å². The molecule has 1 fully saturated rings. The van der Waals surface area contributed by atoms with Crippen molar-refractivity contribution in [1.82, 2.24) is 0 Å². The van der Waals surface area contributed by atoms with E-state index in [-0.39, 0.29) is 36.1 Å². The molecule has 0 bridgehead atoms. The maximum atomic E-state index is 13.4. The second-order valence-electron chi connectivity index (χ2n) is 10.7. The molecule has 11 nitrogen and oxygen atoms in total. The highest BCUT2D eigenvalue weighted by Gasteiger charge is 2.19. The van der Waals surface area contributed by atoms with E-state index < -0.39 is 17.9 Å². The Bertz CT molecular complexity index is 1670. The molecule has 0 spiro atoms. The second-order valence-corrected chi connectivity index (χ2v) is 10.7. The van der Waals surface area contributed by atoms with Gasteiger partial charge in [-0.15, -0.1) is 0 Å². The Balaban J connectivity index is 1.28. The summed E-state index contributed by atoms with van der Waals surface area (Å²) in [6.45, 7) is 3.04. The van der Waals surface area contributed by atoms with E-state index in [9.17, 15) is 14.0 Å². The van der Waals surface area contributed by atoms with Crippen LogP contribution in [-0.4, -0.2) is 50.1 Å². The minimum atomic E-state index is -0.860. The molecule has 1 atom stereocenters. The molecule has 0 radical (unpaired) electrons. The van der Waals surface area contributed by atoms with E-state index in [0.717, 1.165) is 24.3 Å². The van der Waals surface area contributed by atoms with Crippen LogP contribution in [0.3, 0.4) is 0 Å². The number of rotatable bonds is 11. The van der Waals surface area contributed by atoms with Gasteiger partial charge >= 0.3 is 0 Å². The number of nitrogens with one attached hydrogen (secondary N) is 2. The predicted molar refractivity (Wildman–Crippen MR) is 177 cm³/mol. The lowest BCUT2D eigenvalue weighted by Crippen LogP contribution is -2.37. The number of nitrogens with two attached hydrogens (primary N) is 3. The van der Waals surface area contributed by atoms with Gasteiger partial charge in [0.15, 0.2) is 5.96 Å². The average molecular weight is 626 g/mol. The molecule has 1 heterocycles. The smallest absolute Gasteiger partial charge is 0.259 e. The Morgan fingerprint density at radius 1 is 0.870 bits per heavy atom. The summed E-state index contributed by atoms with van der Waals surface area (Å²) in [5.41, 5.74) is 21.5. The number of carbonyl (C=O) groups excluding carboxylic acids is 2. The standard InChI is InChI=1S/C34H36FN7O4/c35-24-5-1-23(2-6-24)21-46-31-20-27(40-33(44)30(36)19-22-3-7-26(8-4-22)41-34(37)38)11-14-29(31)32(43)39-25-9-12-28(13-10-25)42-15-17-45-18-16-42/h1-14,20,30H,15-19,21,36H2,(H,39,43)(H,40,44)(H4,37,38,41)/t30-/m0/s1. The molecule has 1 saturated heterocycles. The van der Waals surface area contributed by atoms with Crippen LogP contribution in [0, 0.1) is 5.82 Å². The number of hydrogen-bond acceptors (Lipinski definition) is 7. The van der Waals surface area contributed by atoms with E-state index in [1.165, 1.54) is 12.1 Å². The van der Waals surface area contributed by atoms with Gasteiger partial charge in [-0.2, -0.15) is 0 Å². The normalized spacial score (nSPS) is 13.4. The van der Waals surface area contributed by atoms with Crippen molar-refractivity contribution in [3.63, 3.8) is 0 Å². The zero-order valence-corrected chi connectivity index (χ0v) is 25.1. The minimum Gasteiger partial charge on any atom is -0.488 e. The van der Waals surface area contributed by atoms with E-state index >= 15 is 0 Å². The first-order valence-corrected chi connectivity index (χ1v) is 14.7. The van der Waals surface area contributed by atoms with Gasteiger partial charge in [0.1, 0.15) is 18.2 Å². The Morgan fingerprint density at radius 2 is 1.52 bits per heavy atom. The van der Waals surface area contributed by atoms with Crippen LogP contribution in [-0.2, 0) is 22.6 Å². The number of benzene rings is 4. The lowest BCUT2D eigenvalue weighted by atomic mass is 10.1. The first-order chi connectivity index (χ1) is 22.2. The van der Waals surface area contributed by atoms with Gasteiger partial charge in [0.05, 0.1) is 30.5 Å². The quantitative estimate of drug-likeness (QED) is 0.123. The number of anilines is 3. The van der Waals surface area contributed by atoms with E-state index in [4.69, 9.17) is 26.7 Å². The molecule has 1 aliphatic heterocycles. The van der Waals surface area contributed by atoms with Crippen molar-refractivity contribution in [2.24, 2.45) is 22.2 Å². The number of carbonyl (C=O) groups is 2. The highest BCUT2D eigenvalue weighted by molar-refractivity contribution is 6.07. The zero-order chi connectivity index (χ0) is 32.5. The fraction of sp³-hybridized carbons (Fsp3) is 0.206. The van der Waals surface area contributed by atoms with Crippen LogP contribution < -0.4 is 37.5 Å². The molecule has 12 heteroatoms. The van der Waals surface area contributed by atoms with Crippen molar-refractivity contribution >= 4 is 40.5 Å². The van der Waals surface area contributed by atoms with Gasteiger partial charge in [0, 0.05) is 36.2 Å². The molecule has 238 valence electrons. The van der Waals surface area contributed by atoms with Crippen molar-refractivity contribution in [3.8, 4) is 5.75 Å². The van der Waals surface area contributed by atoms with Gasteiger partial charge in [0.2, 0.25) is 5.91 Å². The molecular weight excluding hydrogens is 589 g/mol. The topological polar surface area (TPSA) is 170 Å². The lowest BCUT2D eigenvalue weighted by molar-refractivity contribution is -0.117. The number of guanidine groups is 1. The number of amides is 2.